The fraction of sp³-hybridized carbons (Fsp3) is 0.429. The summed E-state index contributed by atoms with van der Waals surface area (Å²) in [5, 5.41) is 5.92. The minimum atomic E-state index is -0.214. The van der Waals surface area contributed by atoms with Gasteiger partial charge >= 0.3 is 0 Å². The highest BCUT2D eigenvalue weighted by atomic mass is 16.5. The number of benzene rings is 1. The topological polar surface area (TPSA) is 81.6 Å². The molecule has 1 aromatic heterocycles. The van der Waals surface area contributed by atoms with Crippen molar-refractivity contribution >= 4 is 11.8 Å². The molecule has 1 aliphatic heterocycles. The third-order valence-electron chi connectivity index (χ3n) is 4.89. The molecule has 0 aliphatic carbocycles. The van der Waals surface area contributed by atoms with Crippen LogP contribution in [-0.4, -0.2) is 43.2 Å². The molecule has 0 fully saturated rings. The van der Waals surface area contributed by atoms with Gasteiger partial charge in [-0.3, -0.25) is 9.59 Å². The van der Waals surface area contributed by atoms with Crippen molar-refractivity contribution in [2.45, 2.75) is 32.5 Å². The van der Waals surface area contributed by atoms with E-state index >= 15 is 0 Å². The Bertz CT molecular complexity index is 817. The summed E-state index contributed by atoms with van der Waals surface area (Å²) in [5.74, 6) is -0.407. The van der Waals surface area contributed by atoms with Crippen LogP contribution in [-0.2, 0) is 22.6 Å². The van der Waals surface area contributed by atoms with Gasteiger partial charge < -0.3 is 24.7 Å². The lowest BCUT2D eigenvalue weighted by Crippen LogP contribution is -2.31. The molecule has 1 aromatic carbocycles. The molecule has 28 heavy (non-hydrogen) atoms. The lowest BCUT2D eigenvalue weighted by molar-refractivity contribution is 0.0774. The molecule has 1 unspecified atom stereocenters. The van der Waals surface area contributed by atoms with E-state index in [2.05, 4.69) is 10.6 Å². The molecule has 0 radical (unpaired) electrons. The van der Waals surface area contributed by atoms with Gasteiger partial charge in [0.15, 0.2) is 0 Å². The highest BCUT2D eigenvalue weighted by molar-refractivity contribution is 6.00. The molecule has 2 N–H and O–H groups in total. The molecular formula is C21H27N3O4. The van der Waals surface area contributed by atoms with Gasteiger partial charge in [0.05, 0.1) is 37.1 Å². The second-order valence-corrected chi connectivity index (χ2v) is 6.69. The van der Waals surface area contributed by atoms with Gasteiger partial charge in [-0.1, -0.05) is 37.3 Å². The Labute approximate surface area is 165 Å². The molecule has 0 saturated carbocycles. The normalized spacial score (nSPS) is 14.2. The second kappa shape index (κ2) is 9.52. The van der Waals surface area contributed by atoms with Gasteiger partial charge in [-0.25, -0.2) is 0 Å². The van der Waals surface area contributed by atoms with E-state index in [1.807, 2.05) is 41.8 Å². The zero-order valence-electron chi connectivity index (χ0n) is 16.4. The van der Waals surface area contributed by atoms with E-state index in [0.717, 1.165) is 17.7 Å². The monoisotopic (exact) mass is 385 g/mol. The van der Waals surface area contributed by atoms with Gasteiger partial charge in [-0.15, -0.1) is 0 Å². The molecule has 2 aromatic rings. The molecule has 7 nitrogen and oxygen atoms in total. The van der Waals surface area contributed by atoms with Crippen molar-refractivity contribution in [1.29, 1.82) is 0 Å². The van der Waals surface area contributed by atoms with E-state index in [1.165, 1.54) is 0 Å². The number of fused-ring (bicyclic) bond motifs is 1. The highest BCUT2D eigenvalue weighted by Crippen LogP contribution is 2.23. The Kier molecular flexibility index (Phi) is 6.84. The summed E-state index contributed by atoms with van der Waals surface area (Å²) in [4.78, 5) is 25.6. The van der Waals surface area contributed by atoms with Crippen molar-refractivity contribution in [3.8, 4) is 0 Å². The predicted molar refractivity (Wildman–Crippen MR) is 105 cm³/mol. The van der Waals surface area contributed by atoms with Crippen LogP contribution < -0.4 is 10.6 Å². The first-order valence-corrected chi connectivity index (χ1v) is 9.58. The van der Waals surface area contributed by atoms with Gasteiger partial charge in [-0.05, 0) is 18.1 Å². The minimum absolute atomic E-state index is 0.0901. The second-order valence-electron chi connectivity index (χ2n) is 6.69. The van der Waals surface area contributed by atoms with Crippen LogP contribution in [0.5, 0.6) is 0 Å². The number of methoxy groups -OCH3 is 1. The number of carbonyl (C=O) groups excluding carboxylic acids is 2. The summed E-state index contributed by atoms with van der Waals surface area (Å²) in [5.41, 5.74) is 2.77. The van der Waals surface area contributed by atoms with E-state index in [9.17, 15) is 9.59 Å². The summed E-state index contributed by atoms with van der Waals surface area (Å²) >= 11 is 0. The molecule has 150 valence electrons. The van der Waals surface area contributed by atoms with E-state index in [1.54, 1.807) is 13.2 Å². The van der Waals surface area contributed by atoms with Crippen molar-refractivity contribution in [3.63, 3.8) is 0 Å². The zero-order valence-corrected chi connectivity index (χ0v) is 16.4. The number of aromatic nitrogens is 1. The average Bonchev–Trinajstić information content (AvgIpc) is 3.12. The van der Waals surface area contributed by atoms with E-state index in [-0.39, 0.29) is 17.9 Å². The molecule has 0 bridgehead atoms. The predicted octanol–water partition coefficient (Wildman–Crippen LogP) is 2.28. The molecule has 7 heteroatoms. The number of hydrogen-bond acceptors (Lipinski definition) is 4. The quantitative estimate of drug-likeness (QED) is 0.683. The zero-order chi connectivity index (χ0) is 19.9. The number of rotatable bonds is 8. The van der Waals surface area contributed by atoms with Gasteiger partial charge in [0, 0.05) is 20.2 Å². The molecule has 3 rings (SSSR count). The molecule has 0 spiro atoms. The minimum Gasteiger partial charge on any atom is -0.383 e. The van der Waals surface area contributed by atoms with Crippen LogP contribution in [0.15, 0.2) is 36.4 Å². The third-order valence-corrected chi connectivity index (χ3v) is 4.89. The van der Waals surface area contributed by atoms with Gasteiger partial charge in [0.2, 0.25) is 0 Å². The molecule has 1 aliphatic rings. The van der Waals surface area contributed by atoms with Crippen LogP contribution in [0.4, 0.5) is 0 Å². The first-order chi connectivity index (χ1) is 13.7. The van der Waals surface area contributed by atoms with E-state index < -0.39 is 0 Å². The van der Waals surface area contributed by atoms with E-state index in [4.69, 9.17) is 9.47 Å². The summed E-state index contributed by atoms with van der Waals surface area (Å²) in [6.07, 6.45) is 0.770. The molecular weight excluding hydrogens is 358 g/mol. The largest absolute Gasteiger partial charge is 0.383 e. The van der Waals surface area contributed by atoms with Crippen LogP contribution in [0.1, 0.15) is 51.5 Å². The lowest BCUT2D eigenvalue weighted by Gasteiger charge is -2.20. The Morgan fingerprint density at radius 2 is 2.04 bits per heavy atom. The first-order valence-electron chi connectivity index (χ1n) is 9.58. The fourth-order valence-corrected chi connectivity index (χ4v) is 3.41. The van der Waals surface area contributed by atoms with Crippen molar-refractivity contribution < 1.29 is 19.1 Å². The SMILES string of the molecule is CCC(NC(=O)c1cc(C(=O)NCCOC)n2c1COCC2)c1ccccc1. The van der Waals surface area contributed by atoms with E-state index in [0.29, 0.717) is 44.2 Å². The smallest absolute Gasteiger partial charge is 0.268 e. The number of nitrogens with zero attached hydrogens (tertiary/aromatic N) is 1. The van der Waals surface area contributed by atoms with Crippen LogP contribution >= 0.6 is 0 Å². The van der Waals surface area contributed by atoms with Crippen molar-refractivity contribution in [3.05, 3.63) is 58.9 Å². The number of hydrogen-bond donors (Lipinski definition) is 2. The molecule has 0 saturated heterocycles. The summed E-state index contributed by atoms with van der Waals surface area (Å²) < 4.78 is 12.4. The number of amides is 2. The standard InChI is InChI=1S/C21H27N3O4/c1-3-17(15-7-5-4-6-8-15)23-20(25)16-13-18(21(26)22-9-11-27-2)24-10-12-28-14-19(16)24/h4-8,13,17H,3,9-12,14H2,1-2H3,(H,22,26)(H,23,25). The summed E-state index contributed by atoms with van der Waals surface area (Å²) in [6.45, 7) is 4.26. The van der Waals surface area contributed by atoms with Gasteiger partial charge in [0.1, 0.15) is 5.69 Å². The molecule has 2 heterocycles. The van der Waals surface area contributed by atoms with Gasteiger partial charge in [-0.2, -0.15) is 0 Å². The Morgan fingerprint density at radius 1 is 1.25 bits per heavy atom. The van der Waals surface area contributed by atoms with Crippen LogP contribution in [0.3, 0.4) is 0 Å². The van der Waals surface area contributed by atoms with Crippen molar-refractivity contribution in [2.24, 2.45) is 0 Å². The number of carbonyl (C=O) groups is 2. The number of ether oxygens (including phenoxy) is 2. The highest BCUT2D eigenvalue weighted by Gasteiger charge is 2.27. The van der Waals surface area contributed by atoms with Gasteiger partial charge in [0.25, 0.3) is 11.8 Å². The Hall–Kier alpha value is -2.64. The average molecular weight is 385 g/mol. The number of nitrogens with one attached hydrogen (secondary N) is 2. The maximum atomic E-state index is 13.0. The van der Waals surface area contributed by atoms with Crippen molar-refractivity contribution in [2.75, 3.05) is 26.9 Å². The maximum absolute atomic E-state index is 13.0. The fourth-order valence-electron chi connectivity index (χ4n) is 3.41. The Balaban J connectivity index is 1.82. The Morgan fingerprint density at radius 3 is 2.75 bits per heavy atom. The maximum Gasteiger partial charge on any atom is 0.268 e. The summed E-state index contributed by atoms with van der Waals surface area (Å²) in [6, 6.07) is 11.4. The van der Waals surface area contributed by atoms with Crippen LogP contribution in [0.2, 0.25) is 0 Å². The molecule has 2 amide bonds. The van der Waals surface area contributed by atoms with Crippen LogP contribution in [0, 0.1) is 0 Å². The van der Waals surface area contributed by atoms with Crippen LogP contribution in [0.25, 0.3) is 0 Å². The summed E-state index contributed by atoms with van der Waals surface area (Å²) in [7, 11) is 1.59. The third kappa shape index (κ3) is 4.43. The lowest BCUT2D eigenvalue weighted by atomic mass is 10.0. The van der Waals surface area contributed by atoms with Crippen molar-refractivity contribution in [1.82, 2.24) is 15.2 Å². The molecule has 1 atom stereocenters. The first kappa shape index (κ1) is 20.1.